The van der Waals surface area contributed by atoms with Gasteiger partial charge in [-0.3, -0.25) is 0 Å². The molecule has 0 heterocycles. The topological polar surface area (TPSA) is 0 Å². The molecule has 0 aromatic carbocycles. The summed E-state index contributed by atoms with van der Waals surface area (Å²) >= 11 is 0. The minimum atomic E-state index is 0.886. The van der Waals surface area contributed by atoms with Gasteiger partial charge in [0.1, 0.15) is 0 Å². The summed E-state index contributed by atoms with van der Waals surface area (Å²) in [4.78, 5) is 0. The Morgan fingerprint density at radius 3 is 1.53 bits per heavy atom. The fourth-order valence-electron chi connectivity index (χ4n) is 2.48. The predicted molar refractivity (Wildman–Crippen MR) is 80.4 cm³/mol. The second-order valence-electron chi connectivity index (χ2n) is 6.48. The van der Waals surface area contributed by atoms with E-state index in [0.717, 1.165) is 17.8 Å². The average Bonchev–Trinajstić information content (AvgIpc) is 2.29. The summed E-state index contributed by atoms with van der Waals surface area (Å²) in [7, 11) is 0. The van der Waals surface area contributed by atoms with E-state index in [9.17, 15) is 0 Å². The highest BCUT2D eigenvalue weighted by atomic mass is 14.2. The fourth-order valence-corrected chi connectivity index (χ4v) is 2.48. The van der Waals surface area contributed by atoms with E-state index < -0.39 is 0 Å². The lowest BCUT2D eigenvalue weighted by molar-refractivity contribution is 0.320. The molecule has 0 aromatic heterocycles. The first-order chi connectivity index (χ1) is 8.07. The molecule has 0 aliphatic heterocycles. The number of hydrogen-bond donors (Lipinski definition) is 0. The van der Waals surface area contributed by atoms with E-state index in [1.165, 1.54) is 57.8 Å². The average molecular weight is 240 g/mol. The third-order valence-corrected chi connectivity index (χ3v) is 4.18. The Hall–Kier alpha value is 0. The van der Waals surface area contributed by atoms with Crippen LogP contribution >= 0.6 is 0 Å². The molecule has 0 spiro atoms. The first kappa shape index (κ1) is 17.0. The van der Waals surface area contributed by atoms with Gasteiger partial charge in [-0.2, -0.15) is 0 Å². The first-order valence-corrected chi connectivity index (χ1v) is 8.07. The van der Waals surface area contributed by atoms with E-state index in [1.807, 2.05) is 0 Å². The maximum Gasteiger partial charge on any atom is -0.0417 e. The summed E-state index contributed by atoms with van der Waals surface area (Å²) in [5.41, 5.74) is 0. The van der Waals surface area contributed by atoms with Crippen molar-refractivity contribution < 1.29 is 0 Å². The Bertz CT molecular complexity index is 148. The third kappa shape index (κ3) is 10.9. The fraction of sp³-hybridized carbons (Fsp3) is 1.00. The van der Waals surface area contributed by atoms with Crippen LogP contribution in [-0.2, 0) is 0 Å². The van der Waals surface area contributed by atoms with Crippen LogP contribution in [0.4, 0.5) is 0 Å². The van der Waals surface area contributed by atoms with Gasteiger partial charge < -0.3 is 0 Å². The lowest BCUT2D eigenvalue weighted by Gasteiger charge is -2.20. The summed E-state index contributed by atoms with van der Waals surface area (Å²) in [6.07, 6.45) is 12.9. The van der Waals surface area contributed by atoms with Gasteiger partial charge in [0.2, 0.25) is 0 Å². The highest BCUT2D eigenvalue weighted by Crippen LogP contribution is 2.24. The molecule has 0 bridgehead atoms. The number of unbranched alkanes of at least 4 members (excludes halogenated alkanes) is 4. The van der Waals surface area contributed by atoms with Crippen molar-refractivity contribution in [2.75, 3.05) is 0 Å². The monoisotopic (exact) mass is 240 g/mol. The Morgan fingerprint density at radius 1 is 0.588 bits per heavy atom. The summed E-state index contributed by atoms with van der Waals surface area (Å²) < 4.78 is 0. The summed E-state index contributed by atoms with van der Waals surface area (Å²) in [5, 5.41) is 0. The molecule has 0 fully saturated rings. The van der Waals surface area contributed by atoms with Crippen molar-refractivity contribution in [1.82, 2.24) is 0 Å². The van der Waals surface area contributed by atoms with E-state index in [1.54, 1.807) is 0 Å². The standard InChI is InChI=1S/C17H36/c1-6-7-8-9-13-16(4)17(5)14-11-10-12-15(2)3/h15-17H,6-14H2,1-5H3. The van der Waals surface area contributed by atoms with E-state index in [-0.39, 0.29) is 0 Å². The van der Waals surface area contributed by atoms with Crippen molar-refractivity contribution in [3.8, 4) is 0 Å². The highest BCUT2D eigenvalue weighted by Gasteiger charge is 2.11. The number of rotatable bonds is 11. The van der Waals surface area contributed by atoms with Crippen LogP contribution in [0, 0.1) is 17.8 Å². The molecule has 0 nitrogen and oxygen atoms in total. The summed E-state index contributed by atoms with van der Waals surface area (Å²) in [6.45, 7) is 11.9. The Balaban J connectivity index is 3.43. The van der Waals surface area contributed by atoms with Gasteiger partial charge in [0.15, 0.2) is 0 Å². The molecule has 0 saturated carbocycles. The van der Waals surface area contributed by atoms with Gasteiger partial charge >= 0.3 is 0 Å². The second-order valence-corrected chi connectivity index (χ2v) is 6.48. The minimum absolute atomic E-state index is 0.886. The van der Waals surface area contributed by atoms with Crippen LogP contribution in [0.2, 0.25) is 0 Å². The third-order valence-electron chi connectivity index (χ3n) is 4.18. The zero-order valence-electron chi connectivity index (χ0n) is 13.1. The molecule has 0 amide bonds. The molecule has 0 N–H and O–H groups in total. The molecule has 0 aliphatic carbocycles. The Morgan fingerprint density at radius 2 is 1.06 bits per heavy atom. The molecule has 0 aromatic rings. The molecular formula is C17H36. The highest BCUT2D eigenvalue weighted by molar-refractivity contribution is 4.63. The lowest BCUT2D eigenvalue weighted by Crippen LogP contribution is -2.08. The predicted octanol–water partition coefficient (Wildman–Crippen LogP) is 6.45. The number of hydrogen-bond acceptors (Lipinski definition) is 0. The molecule has 104 valence electrons. The smallest absolute Gasteiger partial charge is 0.0417 e. The van der Waals surface area contributed by atoms with E-state index in [4.69, 9.17) is 0 Å². The van der Waals surface area contributed by atoms with Crippen molar-refractivity contribution in [3.63, 3.8) is 0 Å². The molecule has 2 atom stereocenters. The molecular weight excluding hydrogens is 204 g/mol. The van der Waals surface area contributed by atoms with Gasteiger partial charge in [0.25, 0.3) is 0 Å². The van der Waals surface area contributed by atoms with Crippen LogP contribution in [0.5, 0.6) is 0 Å². The first-order valence-electron chi connectivity index (χ1n) is 8.07. The van der Waals surface area contributed by atoms with Gasteiger partial charge in [-0.15, -0.1) is 0 Å². The minimum Gasteiger partial charge on any atom is -0.0654 e. The largest absolute Gasteiger partial charge is 0.0654 e. The van der Waals surface area contributed by atoms with Crippen molar-refractivity contribution in [2.45, 2.75) is 92.4 Å². The maximum atomic E-state index is 2.46. The van der Waals surface area contributed by atoms with Crippen LogP contribution in [0.15, 0.2) is 0 Å². The molecule has 0 rings (SSSR count). The van der Waals surface area contributed by atoms with Crippen LogP contribution in [-0.4, -0.2) is 0 Å². The van der Waals surface area contributed by atoms with Crippen molar-refractivity contribution >= 4 is 0 Å². The quantitative estimate of drug-likeness (QED) is 0.364. The van der Waals surface area contributed by atoms with Crippen molar-refractivity contribution in [1.29, 1.82) is 0 Å². The molecule has 0 aliphatic rings. The van der Waals surface area contributed by atoms with Crippen molar-refractivity contribution in [3.05, 3.63) is 0 Å². The van der Waals surface area contributed by atoms with Gasteiger partial charge in [-0.1, -0.05) is 92.4 Å². The van der Waals surface area contributed by atoms with Gasteiger partial charge in [-0.05, 0) is 17.8 Å². The molecule has 0 saturated heterocycles. The van der Waals surface area contributed by atoms with Gasteiger partial charge in [0.05, 0.1) is 0 Å². The SMILES string of the molecule is CCCCCCC(C)C(C)CCCCC(C)C. The van der Waals surface area contributed by atoms with Gasteiger partial charge in [0, 0.05) is 0 Å². The molecule has 0 heteroatoms. The maximum absolute atomic E-state index is 2.46. The summed E-state index contributed by atoms with van der Waals surface area (Å²) in [6, 6.07) is 0. The molecule has 17 heavy (non-hydrogen) atoms. The zero-order valence-corrected chi connectivity index (χ0v) is 13.1. The zero-order chi connectivity index (χ0) is 13.1. The van der Waals surface area contributed by atoms with Crippen LogP contribution in [0.25, 0.3) is 0 Å². The van der Waals surface area contributed by atoms with E-state index >= 15 is 0 Å². The van der Waals surface area contributed by atoms with Crippen LogP contribution < -0.4 is 0 Å². The van der Waals surface area contributed by atoms with Crippen LogP contribution in [0.1, 0.15) is 92.4 Å². The summed E-state index contributed by atoms with van der Waals surface area (Å²) in [5.74, 6) is 2.76. The second kappa shape index (κ2) is 11.1. The van der Waals surface area contributed by atoms with E-state index in [0.29, 0.717) is 0 Å². The normalized spacial score (nSPS) is 15.2. The Labute approximate surface area is 111 Å². The van der Waals surface area contributed by atoms with E-state index in [2.05, 4.69) is 34.6 Å². The Kier molecular flexibility index (Phi) is 11.1. The van der Waals surface area contributed by atoms with Crippen LogP contribution in [0.3, 0.4) is 0 Å². The van der Waals surface area contributed by atoms with Crippen molar-refractivity contribution in [2.24, 2.45) is 17.8 Å². The molecule has 2 unspecified atom stereocenters. The molecule has 0 radical (unpaired) electrons. The lowest BCUT2D eigenvalue weighted by atomic mass is 9.86. The van der Waals surface area contributed by atoms with Gasteiger partial charge in [-0.25, -0.2) is 0 Å².